The lowest BCUT2D eigenvalue weighted by Crippen LogP contribution is -2.35. The molecule has 2 aromatic heterocycles. The molecule has 6 nitrogen and oxygen atoms in total. The number of carbonyl (C=O) groups is 1. The van der Waals surface area contributed by atoms with Crippen LogP contribution in [0.3, 0.4) is 0 Å². The minimum Gasteiger partial charge on any atom is -0.493 e. The van der Waals surface area contributed by atoms with Gasteiger partial charge < -0.3 is 24.1 Å². The van der Waals surface area contributed by atoms with Gasteiger partial charge in [-0.05, 0) is 36.1 Å². The molecule has 142 valence electrons. The fraction of sp³-hybridized carbons (Fsp3) is 0.250. The maximum atomic E-state index is 12.9. The second-order valence-corrected chi connectivity index (χ2v) is 6.91. The number of urea groups is 1. The highest BCUT2D eigenvalue weighted by molar-refractivity contribution is 7.09. The van der Waals surface area contributed by atoms with Crippen molar-refractivity contribution in [2.24, 2.45) is 0 Å². The van der Waals surface area contributed by atoms with E-state index in [0.717, 1.165) is 12.0 Å². The van der Waals surface area contributed by atoms with Gasteiger partial charge in [-0.15, -0.1) is 11.3 Å². The highest BCUT2D eigenvalue weighted by Gasteiger charge is 2.16. The van der Waals surface area contributed by atoms with Gasteiger partial charge in [0.05, 0.1) is 33.3 Å². The summed E-state index contributed by atoms with van der Waals surface area (Å²) in [5.41, 5.74) is 1.59. The van der Waals surface area contributed by atoms with E-state index in [9.17, 15) is 4.79 Å². The quantitative estimate of drug-likeness (QED) is 0.613. The van der Waals surface area contributed by atoms with Gasteiger partial charge in [-0.1, -0.05) is 6.07 Å². The average Bonchev–Trinajstić information content (AvgIpc) is 3.38. The maximum absolute atomic E-state index is 12.9. The first-order valence-corrected chi connectivity index (χ1v) is 9.39. The number of thiophene rings is 1. The summed E-state index contributed by atoms with van der Waals surface area (Å²) in [7, 11) is 3.14. The molecule has 0 unspecified atom stereocenters. The molecule has 0 fully saturated rings. The van der Waals surface area contributed by atoms with Gasteiger partial charge in [-0.2, -0.15) is 0 Å². The second-order valence-electron chi connectivity index (χ2n) is 5.88. The number of nitrogens with one attached hydrogen (secondary N) is 1. The van der Waals surface area contributed by atoms with E-state index >= 15 is 0 Å². The number of methoxy groups -OCH3 is 2. The molecule has 3 aromatic rings. The Kier molecular flexibility index (Phi) is 6.38. The van der Waals surface area contributed by atoms with E-state index in [1.54, 1.807) is 61.2 Å². The zero-order valence-electron chi connectivity index (χ0n) is 15.3. The highest BCUT2D eigenvalue weighted by Crippen LogP contribution is 2.30. The van der Waals surface area contributed by atoms with Gasteiger partial charge in [-0.25, -0.2) is 4.79 Å². The fourth-order valence-electron chi connectivity index (χ4n) is 2.67. The number of carbonyl (C=O) groups excluding carboxylic acids is 1. The molecular formula is C20H22N2O4S. The third-order valence-electron chi connectivity index (χ3n) is 4.08. The Labute approximate surface area is 162 Å². The molecule has 7 heteroatoms. The van der Waals surface area contributed by atoms with Crippen molar-refractivity contribution in [2.75, 3.05) is 26.1 Å². The predicted octanol–water partition coefficient (Wildman–Crippen LogP) is 4.64. The molecular weight excluding hydrogens is 364 g/mol. The smallest absolute Gasteiger partial charge is 0.322 e. The molecule has 0 aliphatic carbocycles. The summed E-state index contributed by atoms with van der Waals surface area (Å²) in [4.78, 5) is 15.9. The summed E-state index contributed by atoms with van der Waals surface area (Å²) >= 11 is 1.69. The Morgan fingerprint density at radius 1 is 1.19 bits per heavy atom. The molecule has 1 aromatic carbocycles. The standard InChI is InChI=1S/C20H22N2O4S/c1-24-18-6-5-16(12-19(18)25-2)21-20(23)22(13-15-8-10-26-14-15)9-7-17-4-3-11-27-17/h3-6,8,10-12,14H,7,9,13H2,1-2H3,(H,21,23). The van der Waals surface area contributed by atoms with Crippen molar-refractivity contribution in [2.45, 2.75) is 13.0 Å². The first kappa shape index (κ1) is 18.8. The molecule has 0 atom stereocenters. The number of furan rings is 1. The molecule has 0 saturated carbocycles. The summed E-state index contributed by atoms with van der Waals surface area (Å²) < 4.78 is 15.7. The van der Waals surface area contributed by atoms with Gasteiger partial charge >= 0.3 is 6.03 Å². The topological polar surface area (TPSA) is 63.9 Å². The van der Waals surface area contributed by atoms with Crippen LogP contribution in [0.1, 0.15) is 10.4 Å². The van der Waals surface area contributed by atoms with Gasteiger partial charge in [0.1, 0.15) is 0 Å². The van der Waals surface area contributed by atoms with Crippen molar-refractivity contribution >= 4 is 23.1 Å². The second kappa shape index (κ2) is 9.14. The minimum atomic E-state index is -0.181. The van der Waals surface area contributed by atoms with Crippen molar-refractivity contribution in [1.29, 1.82) is 0 Å². The number of nitrogens with zero attached hydrogens (tertiary/aromatic N) is 1. The molecule has 0 radical (unpaired) electrons. The Hall–Kier alpha value is -2.93. The van der Waals surface area contributed by atoms with Gasteiger partial charge in [0, 0.05) is 28.7 Å². The van der Waals surface area contributed by atoms with Crippen molar-refractivity contribution in [3.05, 3.63) is 64.7 Å². The Morgan fingerprint density at radius 3 is 2.70 bits per heavy atom. The van der Waals surface area contributed by atoms with Crippen LogP contribution in [-0.2, 0) is 13.0 Å². The van der Waals surface area contributed by atoms with E-state index in [2.05, 4.69) is 11.4 Å². The van der Waals surface area contributed by atoms with Crippen LogP contribution in [-0.4, -0.2) is 31.7 Å². The molecule has 0 bridgehead atoms. The first-order chi connectivity index (χ1) is 13.2. The van der Waals surface area contributed by atoms with E-state index in [-0.39, 0.29) is 6.03 Å². The monoisotopic (exact) mass is 386 g/mol. The average molecular weight is 386 g/mol. The fourth-order valence-corrected chi connectivity index (χ4v) is 3.37. The first-order valence-electron chi connectivity index (χ1n) is 8.51. The highest BCUT2D eigenvalue weighted by atomic mass is 32.1. The number of rotatable bonds is 8. The lowest BCUT2D eigenvalue weighted by atomic mass is 10.2. The minimum absolute atomic E-state index is 0.181. The SMILES string of the molecule is COc1ccc(NC(=O)N(CCc2cccs2)Cc2ccoc2)cc1OC. The van der Waals surface area contributed by atoms with Crippen molar-refractivity contribution in [3.63, 3.8) is 0 Å². The van der Waals surface area contributed by atoms with Gasteiger partial charge in [0.2, 0.25) is 0 Å². The molecule has 0 aliphatic heterocycles. The zero-order valence-corrected chi connectivity index (χ0v) is 16.1. The van der Waals surface area contributed by atoms with Gasteiger partial charge in [0.15, 0.2) is 11.5 Å². The number of benzene rings is 1. The van der Waals surface area contributed by atoms with Crippen LogP contribution < -0.4 is 14.8 Å². The van der Waals surface area contributed by atoms with Crippen LogP contribution >= 0.6 is 11.3 Å². The molecule has 1 N–H and O–H groups in total. The summed E-state index contributed by atoms with van der Waals surface area (Å²) in [6.07, 6.45) is 4.07. The molecule has 0 aliphatic rings. The van der Waals surface area contributed by atoms with Crippen molar-refractivity contribution in [3.8, 4) is 11.5 Å². The number of hydrogen-bond donors (Lipinski definition) is 1. The number of hydrogen-bond acceptors (Lipinski definition) is 5. The summed E-state index contributed by atoms with van der Waals surface area (Å²) in [5.74, 6) is 1.18. The molecule has 2 amide bonds. The molecule has 27 heavy (non-hydrogen) atoms. The summed E-state index contributed by atoms with van der Waals surface area (Å²) in [6, 6.07) is 11.1. The van der Waals surface area contributed by atoms with E-state index < -0.39 is 0 Å². The van der Waals surface area contributed by atoms with Crippen LogP contribution in [0, 0.1) is 0 Å². The van der Waals surface area contributed by atoms with E-state index in [1.165, 1.54) is 4.88 Å². The van der Waals surface area contributed by atoms with Crippen LogP contribution in [0.2, 0.25) is 0 Å². The summed E-state index contributed by atoms with van der Waals surface area (Å²) in [6.45, 7) is 1.08. The van der Waals surface area contributed by atoms with Crippen LogP contribution in [0.4, 0.5) is 10.5 Å². The van der Waals surface area contributed by atoms with E-state index in [0.29, 0.717) is 30.3 Å². The molecule has 2 heterocycles. The van der Waals surface area contributed by atoms with Crippen molar-refractivity contribution in [1.82, 2.24) is 4.90 Å². The zero-order chi connectivity index (χ0) is 19.1. The van der Waals surface area contributed by atoms with Crippen molar-refractivity contribution < 1.29 is 18.7 Å². The molecule has 0 spiro atoms. The number of amides is 2. The normalized spacial score (nSPS) is 10.4. The number of ether oxygens (including phenoxy) is 2. The van der Waals surface area contributed by atoms with Crippen LogP contribution in [0.15, 0.2) is 58.7 Å². The van der Waals surface area contributed by atoms with Gasteiger partial charge in [-0.3, -0.25) is 0 Å². The van der Waals surface area contributed by atoms with E-state index in [4.69, 9.17) is 13.9 Å². The lowest BCUT2D eigenvalue weighted by Gasteiger charge is -2.22. The predicted molar refractivity (Wildman–Crippen MR) is 106 cm³/mol. The van der Waals surface area contributed by atoms with Crippen LogP contribution in [0.5, 0.6) is 11.5 Å². The molecule has 0 saturated heterocycles. The largest absolute Gasteiger partial charge is 0.493 e. The number of anilines is 1. The molecule has 3 rings (SSSR count). The maximum Gasteiger partial charge on any atom is 0.322 e. The van der Waals surface area contributed by atoms with Gasteiger partial charge in [0.25, 0.3) is 0 Å². The lowest BCUT2D eigenvalue weighted by molar-refractivity contribution is 0.210. The Morgan fingerprint density at radius 2 is 2.04 bits per heavy atom. The third-order valence-corrected chi connectivity index (χ3v) is 5.02. The Balaban J connectivity index is 1.71. The summed E-state index contributed by atoms with van der Waals surface area (Å²) in [5, 5.41) is 4.98. The third kappa shape index (κ3) is 5.04. The van der Waals surface area contributed by atoms with Crippen LogP contribution in [0.25, 0.3) is 0 Å². The Bertz CT molecular complexity index is 847. The van der Waals surface area contributed by atoms with E-state index in [1.807, 2.05) is 17.5 Å².